The highest BCUT2D eigenvalue weighted by atomic mass is 16.2. The van der Waals surface area contributed by atoms with Gasteiger partial charge in [0.15, 0.2) is 0 Å². The zero-order valence-electron chi connectivity index (χ0n) is 19.6. The van der Waals surface area contributed by atoms with Gasteiger partial charge in [-0.15, -0.1) is 0 Å². The average molecular weight is 454 g/mol. The van der Waals surface area contributed by atoms with E-state index in [0.29, 0.717) is 23.9 Å². The van der Waals surface area contributed by atoms with Crippen molar-refractivity contribution in [3.05, 3.63) is 29.3 Å². The van der Waals surface area contributed by atoms with Crippen molar-refractivity contribution in [2.45, 2.75) is 51.6 Å². The Hall–Kier alpha value is -2.45. The Morgan fingerprint density at radius 1 is 1.06 bits per heavy atom. The van der Waals surface area contributed by atoms with Gasteiger partial charge < -0.3 is 20.0 Å². The molecule has 5 rings (SSSR count). The number of carbonyl (C=O) groups excluding carboxylic acids is 3. The van der Waals surface area contributed by atoms with E-state index >= 15 is 0 Å². The van der Waals surface area contributed by atoms with Crippen LogP contribution in [0, 0.1) is 5.41 Å². The molecule has 3 amide bonds. The van der Waals surface area contributed by atoms with E-state index in [0.717, 1.165) is 56.9 Å². The van der Waals surface area contributed by atoms with Crippen molar-refractivity contribution in [3.8, 4) is 0 Å². The molecular formula is C25H35N5O3. The summed E-state index contributed by atoms with van der Waals surface area (Å²) in [5.41, 5.74) is 3.22. The molecule has 1 aromatic carbocycles. The number of nitrogens with one attached hydrogen (secondary N) is 2. The SMILES string of the molecule is CC1(CN2CCCN(c3ccc4c(c3)CN(C3CCC(=O)NC3=O)C4=O)CC2)CCNCC1. The minimum atomic E-state index is -0.561. The van der Waals surface area contributed by atoms with E-state index in [9.17, 15) is 14.4 Å². The van der Waals surface area contributed by atoms with Gasteiger partial charge in [-0.25, -0.2) is 0 Å². The first-order valence-corrected chi connectivity index (χ1v) is 12.4. The smallest absolute Gasteiger partial charge is 0.255 e. The number of benzene rings is 1. The van der Waals surface area contributed by atoms with Crippen molar-refractivity contribution in [1.29, 1.82) is 0 Å². The molecule has 178 valence electrons. The topological polar surface area (TPSA) is 85.0 Å². The van der Waals surface area contributed by atoms with Gasteiger partial charge in [0.2, 0.25) is 11.8 Å². The van der Waals surface area contributed by atoms with Gasteiger partial charge in [0.05, 0.1) is 0 Å². The molecule has 4 aliphatic heterocycles. The van der Waals surface area contributed by atoms with E-state index in [1.807, 2.05) is 6.07 Å². The van der Waals surface area contributed by atoms with Crippen molar-refractivity contribution in [1.82, 2.24) is 20.4 Å². The summed E-state index contributed by atoms with van der Waals surface area (Å²) in [6, 6.07) is 5.53. The van der Waals surface area contributed by atoms with Gasteiger partial charge in [-0.3, -0.25) is 19.7 Å². The Morgan fingerprint density at radius 3 is 2.67 bits per heavy atom. The second kappa shape index (κ2) is 9.06. The maximum atomic E-state index is 13.0. The minimum absolute atomic E-state index is 0.108. The summed E-state index contributed by atoms with van der Waals surface area (Å²) < 4.78 is 0. The maximum Gasteiger partial charge on any atom is 0.255 e. The number of hydrogen-bond acceptors (Lipinski definition) is 6. The van der Waals surface area contributed by atoms with E-state index in [4.69, 9.17) is 0 Å². The maximum absolute atomic E-state index is 13.0. The molecule has 2 N–H and O–H groups in total. The van der Waals surface area contributed by atoms with Gasteiger partial charge in [0.25, 0.3) is 5.91 Å². The summed E-state index contributed by atoms with van der Waals surface area (Å²) in [6.07, 6.45) is 4.30. The van der Waals surface area contributed by atoms with Crippen molar-refractivity contribution in [2.75, 3.05) is 50.7 Å². The van der Waals surface area contributed by atoms with Crippen LogP contribution in [0.3, 0.4) is 0 Å². The van der Waals surface area contributed by atoms with Gasteiger partial charge in [-0.1, -0.05) is 6.92 Å². The number of anilines is 1. The summed E-state index contributed by atoms with van der Waals surface area (Å²) in [4.78, 5) is 43.4. The molecule has 0 saturated carbocycles. The fraction of sp³-hybridized carbons (Fsp3) is 0.640. The normalized spacial score (nSPS) is 26.2. The summed E-state index contributed by atoms with van der Waals surface area (Å²) >= 11 is 0. The standard InChI is InChI=1S/C25H35N5O3/c1-25(7-9-26-10-8-25)17-28-11-2-12-29(14-13-28)19-3-4-20-18(15-19)16-30(24(20)33)21-5-6-22(31)27-23(21)32/h3-4,15,21,26H,2,5-14,16-17H2,1H3,(H,27,31,32). The highest BCUT2D eigenvalue weighted by Crippen LogP contribution is 2.32. The van der Waals surface area contributed by atoms with Gasteiger partial charge in [-0.2, -0.15) is 0 Å². The number of nitrogens with zero attached hydrogens (tertiary/aromatic N) is 3. The van der Waals surface area contributed by atoms with Crippen molar-refractivity contribution in [3.63, 3.8) is 0 Å². The Kier molecular flexibility index (Phi) is 6.14. The number of hydrogen-bond donors (Lipinski definition) is 2. The van der Waals surface area contributed by atoms with Crippen LogP contribution in [-0.2, 0) is 16.1 Å². The number of carbonyl (C=O) groups is 3. The lowest BCUT2D eigenvalue weighted by Crippen LogP contribution is -2.52. The monoisotopic (exact) mass is 453 g/mol. The lowest BCUT2D eigenvalue weighted by Gasteiger charge is -2.38. The Labute approximate surface area is 195 Å². The van der Waals surface area contributed by atoms with Crippen molar-refractivity contribution >= 4 is 23.4 Å². The Morgan fingerprint density at radius 2 is 1.88 bits per heavy atom. The molecule has 0 spiro atoms. The first-order valence-electron chi connectivity index (χ1n) is 12.4. The molecular weight excluding hydrogens is 418 g/mol. The van der Waals surface area contributed by atoms with Crippen LogP contribution >= 0.6 is 0 Å². The zero-order valence-corrected chi connectivity index (χ0v) is 19.6. The molecule has 8 heteroatoms. The van der Waals surface area contributed by atoms with Crippen molar-refractivity contribution < 1.29 is 14.4 Å². The number of amides is 3. The van der Waals surface area contributed by atoms with Crippen LogP contribution in [0.1, 0.15) is 54.9 Å². The number of fused-ring (bicyclic) bond motifs is 1. The molecule has 0 aliphatic carbocycles. The van der Waals surface area contributed by atoms with Crippen molar-refractivity contribution in [2.24, 2.45) is 5.41 Å². The third-order valence-electron chi connectivity index (χ3n) is 7.88. The van der Waals surface area contributed by atoms with Crippen LogP contribution in [0.2, 0.25) is 0 Å². The summed E-state index contributed by atoms with van der Waals surface area (Å²) in [5.74, 6) is -0.724. The van der Waals surface area contributed by atoms with E-state index in [1.54, 1.807) is 4.90 Å². The van der Waals surface area contributed by atoms with Crippen LogP contribution in [-0.4, -0.2) is 79.4 Å². The third-order valence-corrected chi connectivity index (χ3v) is 7.88. The second-order valence-electron chi connectivity index (χ2n) is 10.4. The molecule has 33 heavy (non-hydrogen) atoms. The molecule has 0 radical (unpaired) electrons. The summed E-state index contributed by atoms with van der Waals surface area (Å²) in [6.45, 7) is 10.5. The first-order chi connectivity index (χ1) is 15.9. The lowest BCUT2D eigenvalue weighted by molar-refractivity contribution is -0.136. The fourth-order valence-electron chi connectivity index (χ4n) is 5.87. The second-order valence-corrected chi connectivity index (χ2v) is 10.4. The molecule has 3 fully saturated rings. The van der Waals surface area contributed by atoms with E-state index in [1.165, 1.54) is 19.4 Å². The summed E-state index contributed by atoms with van der Waals surface area (Å²) in [5, 5.41) is 5.85. The molecule has 4 aliphatic rings. The quantitative estimate of drug-likeness (QED) is 0.670. The van der Waals surface area contributed by atoms with Crippen LogP contribution < -0.4 is 15.5 Å². The first kappa shape index (κ1) is 22.3. The molecule has 8 nitrogen and oxygen atoms in total. The van der Waals surface area contributed by atoms with E-state index in [-0.39, 0.29) is 24.1 Å². The van der Waals surface area contributed by atoms with Crippen LogP contribution in [0.4, 0.5) is 5.69 Å². The summed E-state index contributed by atoms with van der Waals surface area (Å²) in [7, 11) is 0. The van der Waals surface area contributed by atoms with Gasteiger partial charge in [0.1, 0.15) is 6.04 Å². The Bertz CT molecular complexity index is 942. The number of rotatable bonds is 4. The zero-order chi connectivity index (χ0) is 23.0. The van der Waals surface area contributed by atoms with Gasteiger partial charge in [-0.05, 0) is 74.5 Å². The molecule has 1 atom stereocenters. The highest BCUT2D eigenvalue weighted by Gasteiger charge is 2.39. The van der Waals surface area contributed by atoms with Crippen LogP contribution in [0.5, 0.6) is 0 Å². The lowest BCUT2D eigenvalue weighted by atomic mass is 9.80. The molecule has 4 heterocycles. The molecule has 0 aromatic heterocycles. The molecule has 1 aromatic rings. The Balaban J connectivity index is 1.24. The molecule has 1 unspecified atom stereocenters. The molecule has 0 bridgehead atoms. The number of imide groups is 1. The van der Waals surface area contributed by atoms with E-state index < -0.39 is 6.04 Å². The predicted molar refractivity (Wildman–Crippen MR) is 126 cm³/mol. The highest BCUT2D eigenvalue weighted by molar-refractivity contribution is 6.05. The van der Waals surface area contributed by atoms with Gasteiger partial charge in [0, 0.05) is 50.4 Å². The molecule has 3 saturated heterocycles. The number of piperidine rings is 2. The van der Waals surface area contributed by atoms with Crippen LogP contribution in [0.15, 0.2) is 18.2 Å². The van der Waals surface area contributed by atoms with E-state index in [2.05, 4.69) is 39.5 Å². The third kappa shape index (κ3) is 4.64. The van der Waals surface area contributed by atoms with Gasteiger partial charge >= 0.3 is 0 Å². The van der Waals surface area contributed by atoms with Crippen LogP contribution in [0.25, 0.3) is 0 Å². The predicted octanol–water partition coefficient (Wildman–Crippen LogP) is 1.35. The average Bonchev–Trinajstić information content (AvgIpc) is 2.95. The largest absolute Gasteiger partial charge is 0.370 e. The fourth-order valence-corrected chi connectivity index (χ4v) is 5.87. The minimum Gasteiger partial charge on any atom is -0.370 e.